The van der Waals surface area contributed by atoms with Gasteiger partial charge in [-0.3, -0.25) is 9.59 Å². The van der Waals surface area contributed by atoms with Crippen LogP contribution in [0.25, 0.3) is 0 Å². The van der Waals surface area contributed by atoms with Crippen LogP contribution in [-0.2, 0) is 4.79 Å². The van der Waals surface area contributed by atoms with Crippen LogP contribution in [0.15, 0.2) is 48.5 Å². The molecule has 0 spiro atoms. The Labute approximate surface area is 156 Å². The predicted molar refractivity (Wildman–Crippen MR) is 105 cm³/mol. The molecule has 2 aromatic carbocycles. The van der Waals surface area contributed by atoms with Gasteiger partial charge in [0.1, 0.15) is 0 Å². The molecule has 0 radical (unpaired) electrons. The summed E-state index contributed by atoms with van der Waals surface area (Å²) < 4.78 is 0. The van der Waals surface area contributed by atoms with E-state index in [1.165, 1.54) is 0 Å². The van der Waals surface area contributed by atoms with Crippen LogP contribution in [0.2, 0.25) is 0 Å². The highest BCUT2D eigenvalue weighted by atomic mass is 16.2. The normalized spacial score (nSPS) is 12.0. The first-order valence-corrected chi connectivity index (χ1v) is 8.96. The molecule has 0 saturated heterocycles. The fraction of sp³-hybridized carbons (Fsp3) is 0.364. The van der Waals surface area contributed by atoms with Crippen LogP contribution in [0.1, 0.15) is 45.9 Å². The van der Waals surface area contributed by atoms with Crippen LogP contribution >= 0.6 is 0 Å². The molecule has 0 heterocycles. The van der Waals surface area contributed by atoms with Crippen LogP contribution < -0.4 is 5.32 Å². The number of nitrogens with zero attached hydrogens (tertiary/aromatic N) is 1. The van der Waals surface area contributed by atoms with Gasteiger partial charge in [-0.15, -0.1) is 0 Å². The number of Topliss-reactive ketones (excluding diaryl/α,β-unsaturated/α-hetero) is 1. The number of benzene rings is 2. The van der Waals surface area contributed by atoms with E-state index in [1.807, 2.05) is 81.4 Å². The van der Waals surface area contributed by atoms with Crippen LogP contribution in [0.5, 0.6) is 0 Å². The van der Waals surface area contributed by atoms with Gasteiger partial charge >= 0.3 is 0 Å². The van der Waals surface area contributed by atoms with Gasteiger partial charge in [-0.2, -0.15) is 0 Å². The van der Waals surface area contributed by atoms with Crippen LogP contribution in [0.3, 0.4) is 0 Å². The van der Waals surface area contributed by atoms with Crippen molar-refractivity contribution in [3.8, 4) is 0 Å². The summed E-state index contributed by atoms with van der Waals surface area (Å²) in [6, 6.07) is 15.7. The molecule has 1 N–H and O–H groups in total. The molecule has 1 atom stereocenters. The first-order chi connectivity index (χ1) is 12.4. The topological polar surface area (TPSA) is 49.4 Å². The van der Waals surface area contributed by atoms with Crippen LogP contribution in [-0.4, -0.2) is 37.2 Å². The maximum atomic E-state index is 12.5. The molecule has 4 nitrogen and oxygen atoms in total. The van der Waals surface area contributed by atoms with E-state index in [4.69, 9.17) is 0 Å². The third-order valence-electron chi connectivity index (χ3n) is 4.36. The van der Waals surface area contributed by atoms with Crippen molar-refractivity contribution in [2.24, 2.45) is 0 Å². The van der Waals surface area contributed by atoms with Crippen molar-refractivity contribution in [1.29, 1.82) is 0 Å². The number of nitrogens with one attached hydrogen (secondary N) is 1. The molecule has 0 unspecified atom stereocenters. The molecule has 1 amide bonds. The summed E-state index contributed by atoms with van der Waals surface area (Å²) in [5.41, 5.74) is 3.79. The maximum absolute atomic E-state index is 12.5. The number of ketones is 1. The second-order valence-corrected chi connectivity index (χ2v) is 7.03. The Morgan fingerprint density at radius 2 is 1.69 bits per heavy atom. The summed E-state index contributed by atoms with van der Waals surface area (Å²) in [7, 11) is 3.96. The summed E-state index contributed by atoms with van der Waals surface area (Å²) >= 11 is 0. The van der Waals surface area contributed by atoms with E-state index in [-0.39, 0.29) is 30.6 Å². The highest BCUT2D eigenvalue weighted by Crippen LogP contribution is 2.16. The lowest BCUT2D eigenvalue weighted by molar-refractivity contribution is -0.121. The molecule has 0 saturated carbocycles. The van der Waals surface area contributed by atoms with E-state index in [0.717, 1.165) is 16.7 Å². The smallest absolute Gasteiger partial charge is 0.220 e. The second kappa shape index (κ2) is 9.30. The van der Waals surface area contributed by atoms with Crippen molar-refractivity contribution >= 4 is 11.7 Å². The van der Waals surface area contributed by atoms with Crippen molar-refractivity contribution in [3.05, 3.63) is 70.8 Å². The molecule has 2 rings (SSSR count). The minimum absolute atomic E-state index is 0.0187. The Bertz CT molecular complexity index is 754. The molecule has 138 valence electrons. The zero-order chi connectivity index (χ0) is 19.1. The molecule has 0 fully saturated rings. The molecule has 4 heteroatoms. The number of amides is 1. The second-order valence-electron chi connectivity index (χ2n) is 7.03. The fourth-order valence-corrected chi connectivity index (χ4v) is 2.95. The van der Waals surface area contributed by atoms with Gasteiger partial charge in [0.2, 0.25) is 5.91 Å². The van der Waals surface area contributed by atoms with Crippen LogP contribution in [0.4, 0.5) is 0 Å². The zero-order valence-corrected chi connectivity index (χ0v) is 16.1. The third kappa shape index (κ3) is 5.81. The molecular formula is C22H28N2O2. The van der Waals surface area contributed by atoms with Crippen molar-refractivity contribution < 1.29 is 9.59 Å². The van der Waals surface area contributed by atoms with E-state index in [1.54, 1.807) is 0 Å². The Balaban J connectivity index is 1.97. The average molecular weight is 352 g/mol. The zero-order valence-electron chi connectivity index (χ0n) is 16.1. The number of rotatable bonds is 8. The Hall–Kier alpha value is -2.46. The minimum atomic E-state index is -0.0978. The lowest BCUT2D eigenvalue weighted by Gasteiger charge is -2.23. The van der Waals surface area contributed by atoms with Gasteiger partial charge in [-0.25, -0.2) is 0 Å². The molecular weight excluding hydrogens is 324 g/mol. The molecule has 0 aliphatic rings. The summed E-state index contributed by atoms with van der Waals surface area (Å²) in [5, 5.41) is 3.06. The molecule has 26 heavy (non-hydrogen) atoms. The van der Waals surface area contributed by atoms with Crippen molar-refractivity contribution in [2.75, 3.05) is 20.6 Å². The largest absolute Gasteiger partial charge is 0.348 e. The monoisotopic (exact) mass is 352 g/mol. The number of aryl methyl sites for hydroxylation is 2. The lowest BCUT2D eigenvalue weighted by Crippen LogP contribution is -2.35. The van der Waals surface area contributed by atoms with E-state index in [9.17, 15) is 9.59 Å². The Morgan fingerprint density at radius 1 is 1.00 bits per heavy atom. The van der Waals surface area contributed by atoms with E-state index in [2.05, 4.69) is 5.32 Å². The Morgan fingerprint density at radius 3 is 2.35 bits per heavy atom. The average Bonchev–Trinajstić information content (AvgIpc) is 2.61. The van der Waals surface area contributed by atoms with Crippen molar-refractivity contribution in [3.63, 3.8) is 0 Å². The SMILES string of the molecule is Cc1ccc(C)c(C(=O)CCC(=O)N[C@H](CN(C)C)c2ccccc2)c1. The van der Waals surface area contributed by atoms with E-state index < -0.39 is 0 Å². The number of hydrogen-bond acceptors (Lipinski definition) is 3. The van der Waals surface area contributed by atoms with Gasteiger partial charge in [0.15, 0.2) is 5.78 Å². The molecule has 0 aliphatic heterocycles. The van der Waals surface area contributed by atoms with Gasteiger partial charge in [0, 0.05) is 24.9 Å². The lowest BCUT2D eigenvalue weighted by atomic mass is 9.99. The first-order valence-electron chi connectivity index (χ1n) is 8.96. The van der Waals surface area contributed by atoms with E-state index >= 15 is 0 Å². The van der Waals surface area contributed by atoms with Gasteiger partial charge < -0.3 is 10.2 Å². The summed E-state index contributed by atoms with van der Waals surface area (Å²) in [6.07, 6.45) is 0.419. The molecule has 0 bridgehead atoms. The van der Waals surface area contributed by atoms with Crippen molar-refractivity contribution in [1.82, 2.24) is 10.2 Å². The summed E-state index contributed by atoms with van der Waals surface area (Å²) in [5.74, 6) is -0.0791. The summed E-state index contributed by atoms with van der Waals surface area (Å²) in [4.78, 5) is 26.9. The standard InChI is InChI=1S/C22H28N2O2/c1-16-10-11-17(2)19(14-16)21(25)12-13-22(26)23-20(15-24(3)4)18-8-6-5-7-9-18/h5-11,14,20H,12-13,15H2,1-4H3,(H,23,26)/t20-/m1/s1. The Kier molecular flexibility index (Phi) is 7.10. The molecule has 2 aromatic rings. The number of likely N-dealkylation sites (N-methyl/N-ethyl adjacent to an activating group) is 1. The minimum Gasteiger partial charge on any atom is -0.348 e. The highest BCUT2D eigenvalue weighted by Gasteiger charge is 2.17. The number of carbonyl (C=O) groups excluding carboxylic acids is 2. The maximum Gasteiger partial charge on any atom is 0.220 e. The van der Waals surface area contributed by atoms with E-state index in [0.29, 0.717) is 12.1 Å². The molecule has 0 aromatic heterocycles. The van der Waals surface area contributed by atoms with Gasteiger partial charge in [-0.05, 0) is 45.1 Å². The number of carbonyl (C=O) groups is 2. The molecule has 0 aliphatic carbocycles. The van der Waals surface area contributed by atoms with Crippen molar-refractivity contribution in [2.45, 2.75) is 32.7 Å². The van der Waals surface area contributed by atoms with Gasteiger partial charge in [0.25, 0.3) is 0 Å². The summed E-state index contributed by atoms with van der Waals surface area (Å²) in [6.45, 7) is 4.60. The van der Waals surface area contributed by atoms with Gasteiger partial charge in [0.05, 0.1) is 6.04 Å². The number of hydrogen-bond donors (Lipinski definition) is 1. The highest BCUT2D eigenvalue weighted by molar-refractivity contribution is 5.99. The van der Waals surface area contributed by atoms with Crippen LogP contribution in [0, 0.1) is 13.8 Å². The predicted octanol–water partition coefficient (Wildman–Crippen LogP) is 3.69. The first kappa shape index (κ1) is 19.9. The third-order valence-corrected chi connectivity index (χ3v) is 4.36. The van der Waals surface area contributed by atoms with Gasteiger partial charge in [-0.1, -0.05) is 48.0 Å². The quantitative estimate of drug-likeness (QED) is 0.737. The fourth-order valence-electron chi connectivity index (χ4n) is 2.95.